The lowest BCUT2D eigenvalue weighted by atomic mass is 9.87. The molecule has 21 heavy (non-hydrogen) atoms. The molecule has 0 N–H and O–H groups in total. The minimum atomic E-state index is -0.436. The summed E-state index contributed by atoms with van der Waals surface area (Å²) in [6, 6.07) is 4.22. The number of rotatable bonds is 1. The molecule has 1 aromatic heterocycles. The van der Waals surface area contributed by atoms with Crippen LogP contribution in [0.5, 0.6) is 0 Å². The Labute approximate surface area is 127 Å². The molecule has 1 saturated heterocycles. The number of carbonyl (C=O) groups is 1. The number of hydrogen-bond acceptors (Lipinski definition) is 3. The molecule has 2 rings (SSSR count). The van der Waals surface area contributed by atoms with Crippen molar-refractivity contribution in [3.63, 3.8) is 0 Å². The van der Waals surface area contributed by atoms with Gasteiger partial charge in [0.05, 0.1) is 0 Å². The molecule has 0 spiro atoms. The van der Waals surface area contributed by atoms with Gasteiger partial charge in [-0.05, 0) is 37.8 Å². The molecule has 2 heterocycles. The highest BCUT2D eigenvalue weighted by molar-refractivity contribution is 5.69. The van der Waals surface area contributed by atoms with E-state index in [0.717, 1.165) is 5.69 Å². The molecule has 4 nitrogen and oxygen atoms in total. The van der Waals surface area contributed by atoms with E-state index in [1.54, 1.807) is 4.90 Å². The van der Waals surface area contributed by atoms with Gasteiger partial charge in [0, 0.05) is 30.9 Å². The van der Waals surface area contributed by atoms with Crippen LogP contribution in [0, 0.1) is 0 Å². The van der Waals surface area contributed by atoms with Crippen molar-refractivity contribution in [1.29, 1.82) is 0 Å². The highest BCUT2D eigenvalue weighted by atomic mass is 16.6. The third-order valence-electron chi connectivity index (χ3n) is 3.60. The van der Waals surface area contributed by atoms with Crippen molar-refractivity contribution < 1.29 is 9.53 Å². The SMILES string of the molecule is CC(C)(C)OC(=O)N1CC(c2ccc(C(C)(C)C)cn2)C1. The summed E-state index contributed by atoms with van der Waals surface area (Å²) in [7, 11) is 0. The summed E-state index contributed by atoms with van der Waals surface area (Å²) in [5.41, 5.74) is 1.97. The van der Waals surface area contributed by atoms with Crippen LogP contribution in [0.3, 0.4) is 0 Å². The van der Waals surface area contributed by atoms with E-state index in [-0.39, 0.29) is 11.5 Å². The Balaban J connectivity index is 1.91. The molecular weight excluding hydrogens is 264 g/mol. The first-order valence-corrected chi connectivity index (χ1v) is 7.50. The summed E-state index contributed by atoms with van der Waals surface area (Å²) in [5.74, 6) is 0.325. The van der Waals surface area contributed by atoms with E-state index < -0.39 is 5.60 Å². The van der Waals surface area contributed by atoms with Gasteiger partial charge in [0.25, 0.3) is 0 Å². The number of aromatic nitrogens is 1. The van der Waals surface area contributed by atoms with Gasteiger partial charge in [-0.1, -0.05) is 26.8 Å². The topological polar surface area (TPSA) is 42.4 Å². The number of nitrogens with zero attached hydrogens (tertiary/aromatic N) is 2. The lowest BCUT2D eigenvalue weighted by Crippen LogP contribution is -2.50. The van der Waals surface area contributed by atoms with Gasteiger partial charge in [0.1, 0.15) is 5.60 Å². The summed E-state index contributed by atoms with van der Waals surface area (Å²) < 4.78 is 5.36. The minimum absolute atomic E-state index is 0.119. The van der Waals surface area contributed by atoms with Gasteiger partial charge >= 0.3 is 6.09 Å². The minimum Gasteiger partial charge on any atom is -0.444 e. The van der Waals surface area contributed by atoms with E-state index in [2.05, 4.69) is 37.9 Å². The fraction of sp³-hybridized carbons (Fsp3) is 0.647. The maximum Gasteiger partial charge on any atom is 0.410 e. The molecule has 0 unspecified atom stereocenters. The van der Waals surface area contributed by atoms with E-state index in [9.17, 15) is 4.79 Å². The molecule has 1 aliphatic rings. The smallest absolute Gasteiger partial charge is 0.410 e. The zero-order valence-electron chi connectivity index (χ0n) is 13.9. The number of likely N-dealkylation sites (tertiary alicyclic amines) is 1. The second-order valence-corrected chi connectivity index (χ2v) is 7.80. The monoisotopic (exact) mass is 290 g/mol. The second-order valence-electron chi connectivity index (χ2n) is 7.80. The van der Waals surface area contributed by atoms with Gasteiger partial charge in [-0.15, -0.1) is 0 Å². The fourth-order valence-electron chi connectivity index (χ4n) is 2.23. The lowest BCUT2D eigenvalue weighted by Gasteiger charge is -2.39. The number of amides is 1. The van der Waals surface area contributed by atoms with Gasteiger partial charge in [-0.2, -0.15) is 0 Å². The van der Waals surface area contributed by atoms with Crippen LogP contribution >= 0.6 is 0 Å². The molecule has 0 bridgehead atoms. The van der Waals surface area contributed by atoms with Crippen molar-refractivity contribution in [2.24, 2.45) is 0 Å². The van der Waals surface area contributed by atoms with Gasteiger partial charge in [0.2, 0.25) is 0 Å². The van der Waals surface area contributed by atoms with E-state index in [1.165, 1.54) is 5.56 Å². The van der Waals surface area contributed by atoms with Crippen LogP contribution in [0.4, 0.5) is 4.79 Å². The van der Waals surface area contributed by atoms with Crippen LogP contribution in [0.15, 0.2) is 18.3 Å². The first-order valence-electron chi connectivity index (χ1n) is 7.50. The Bertz CT molecular complexity index is 503. The maximum absolute atomic E-state index is 11.9. The largest absolute Gasteiger partial charge is 0.444 e. The van der Waals surface area contributed by atoms with E-state index >= 15 is 0 Å². The predicted molar refractivity (Wildman–Crippen MR) is 83.5 cm³/mol. The quantitative estimate of drug-likeness (QED) is 0.791. The lowest BCUT2D eigenvalue weighted by molar-refractivity contribution is 0.00787. The van der Waals surface area contributed by atoms with Gasteiger partial charge in [-0.25, -0.2) is 4.79 Å². The summed E-state index contributed by atoms with van der Waals surface area (Å²) in [6.45, 7) is 13.6. The standard InChI is InChI=1S/C17H26N2O2/c1-16(2,3)13-7-8-14(18-9-13)12-10-19(11-12)15(20)21-17(4,5)6/h7-9,12H,10-11H2,1-6H3. The van der Waals surface area contributed by atoms with Crippen molar-refractivity contribution >= 4 is 6.09 Å². The Morgan fingerprint density at radius 2 is 1.81 bits per heavy atom. The summed E-state index contributed by atoms with van der Waals surface area (Å²) in [4.78, 5) is 18.2. The van der Waals surface area contributed by atoms with Crippen LogP contribution in [0.1, 0.15) is 58.7 Å². The molecule has 0 atom stereocenters. The molecule has 0 aliphatic carbocycles. The maximum atomic E-state index is 11.9. The van der Waals surface area contributed by atoms with Gasteiger partial charge in [-0.3, -0.25) is 4.98 Å². The predicted octanol–water partition coefficient (Wildman–Crippen LogP) is 3.71. The molecule has 0 aromatic carbocycles. The summed E-state index contributed by atoms with van der Waals surface area (Å²) in [5, 5.41) is 0. The molecule has 1 fully saturated rings. The average molecular weight is 290 g/mol. The Morgan fingerprint density at radius 1 is 1.19 bits per heavy atom. The Hall–Kier alpha value is -1.58. The highest BCUT2D eigenvalue weighted by Gasteiger charge is 2.35. The number of hydrogen-bond donors (Lipinski definition) is 0. The van der Waals surface area contributed by atoms with E-state index in [0.29, 0.717) is 19.0 Å². The van der Waals surface area contributed by atoms with Gasteiger partial charge < -0.3 is 9.64 Å². The number of carbonyl (C=O) groups excluding carboxylic acids is 1. The Morgan fingerprint density at radius 3 is 2.24 bits per heavy atom. The third-order valence-corrected chi connectivity index (χ3v) is 3.60. The third kappa shape index (κ3) is 3.96. The normalized spacial score (nSPS) is 16.6. The molecule has 1 aliphatic heterocycles. The van der Waals surface area contributed by atoms with Crippen molar-refractivity contribution in [1.82, 2.24) is 9.88 Å². The first-order chi connectivity index (χ1) is 9.56. The van der Waals surface area contributed by atoms with Crippen LogP contribution < -0.4 is 0 Å². The van der Waals surface area contributed by atoms with Crippen LogP contribution in [0.2, 0.25) is 0 Å². The molecule has 1 aromatic rings. The molecule has 116 valence electrons. The van der Waals surface area contributed by atoms with Crippen molar-refractivity contribution in [2.45, 2.75) is 58.5 Å². The molecule has 4 heteroatoms. The molecule has 0 saturated carbocycles. The second kappa shape index (κ2) is 5.32. The first kappa shape index (κ1) is 15.8. The van der Waals surface area contributed by atoms with E-state index in [4.69, 9.17) is 4.74 Å². The van der Waals surface area contributed by atoms with Gasteiger partial charge in [0.15, 0.2) is 0 Å². The zero-order chi connectivity index (χ0) is 15.8. The van der Waals surface area contributed by atoms with Crippen LogP contribution in [0.25, 0.3) is 0 Å². The van der Waals surface area contributed by atoms with Crippen LogP contribution in [-0.2, 0) is 10.2 Å². The molecular formula is C17H26N2O2. The summed E-state index contributed by atoms with van der Waals surface area (Å²) >= 11 is 0. The molecule has 1 amide bonds. The van der Waals surface area contributed by atoms with Crippen molar-refractivity contribution in [3.05, 3.63) is 29.6 Å². The Kier molecular flexibility index (Phi) is 4.00. The summed E-state index contributed by atoms with van der Waals surface area (Å²) in [6.07, 6.45) is 1.72. The average Bonchev–Trinajstić information content (AvgIpc) is 2.23. The molecule has 0 radical (unpaired) electrons. The fourth-order valence-corrected chi connectivity index (χ4v) is 2.23. The van der Waals surface area contributed by atoms with E-state index in [1.807, 2.05) is 27.0 Å². The zero-order valence-corrected chi connectivity index (χ0v) is 13.9. The number of pyridine rings is 1. The number of ether oxygens (including phenoxy) is 1. The van der Waals surface area contributed by atoms with Crippen molar-refractivity contribution in [2.75, 3.05) is 13.1 Å². The van der Waals surface area contributed by atoms with Crippen molar-refractivity contribution in [3.8, 4) is 0 Å². The van der Waals surface area contributed by atoms with Crippen LogP contribution in [-0.4, -0.2) is 34.7 Å². The highest BCUT2D eigenvalue weighted by Crippen LogP contribution is 2.29.